The fraction of sp³-hybridized carbons (Fsp3) is 0.545. The molecule has 1 amide bonds. The SMILES string of the molecule is Cc1nc(Cl)cc(NC2CCN(C)C(=O)C2)n1. The van der Waals surface area contributed by atoms with Crippen LogP contribution in [0.15, 0.2) is 6.07 Å². The van der Waals surface area contributed by atoms with Crippen LogP contribution in [0, 0.1) is 6.92 Å². The summed E-state index contributed by atoms with van der Waals surface area (Å²) >= 11 is 5.85. The first kappa shape index (κ1) is 12.1. The number of carbonyl (C=O) groups excluding carboxylic acids is 1. The van der Waals surface area contributed by atoms with Gasteiger partial charge < -0.3 is 10.2 Å². The minimum Gasteiger partial charge on any atom is -0.367 e. The number of rotatable bonds is 2. The first-order valence-electron chi connectivity index (χ1n) is 5.56. The van der Waals surface area contributed by atoms with E-state index in [-0.39, 0.29) is 11.9 Å². The standard InChI is InChI=1S/C11H15ClN4O/c1-7-13-9(12)6-10(14-7)15-8-3-4-16(2)11(17)5-8/h6,8H,3-5H2,1-2H3,(H,13,14,15). The van der Waals surface area contributed by atoms with Crippen LogP contribution in [0.4, 0.5) is 5.82 Å². The molecule has 92 valence electrons. The first-order chi connectivity index (χ1) is 8.04. The highest BCUT2D eigenvalue weighted by atomic mass is 35.5. The van der Waals surface area contributed by atoms with Crippen LogP contribution in [0.5, 0.6) is 0 Å². The molecule has 0 saturated carbocycles. The predicted molar refractivity (Wildman–Crippen MR) is 66.1 cm³/mol. The molecule has 1 aliphatic heterocycles. The molecule has 6 heteroatoms. The summed E-state index contributed by atoms with van der Waals surface area (Å²) in [5.74, 6) is 1.47. The van der Waals surface area contributed by atoms with Crippen LogP contribution >= 0.6 is 11.6 Å². The Morgan fingerprint density at radius 3 is 2.94 bits per heavy atom. The van der Waals surface area contributed by atoms with Crippen molar-refractivity contribution in [2.45, 2.75) is 25.8 Å². The number of halogens is 1. The molecule has 1 aliphatic rings. The summed E-state index contributed by atoms with van der Waals surface area (Å²) < 4.78 is 0. The third-order valence-corrected chi connectivity index (χ3v) is 3.01. The zero-order valence-corrected chi connectivity index (χ0v) is 10.7. The quantitative estimate of drug-likeness (QED) is 0.812. The van der Waals surface area contributed by atoms with Gasteiger partial charge in [-0.3, -0.25) is 4.79 Å². The summed E-state index contributed by atoms with van der Waals surface area (Å²) in [6, 6.07) is 1.81. The van der Waals surface area contributed by atoms with Gasteiger partial charge in [-0.25, -0.2) is 9.97 Å². The van der Waals surface area contributed by atoms with Crippen LogP contribution in [-0.4, -0.2) is 40.4 Å². The molecule has 2 rings (SSSR count). The molecule has 0 aromatic carbocycles. The van der Waals surface area contributed by atoms with E-state index < -0.39 is 0 Å². The van der Waals surface area contributed by atoms with Crippen molar-refractivity contribution in [1.29, 1.82) is 0 Å². The average Bonchev–Trinajstić information content (AvgIpc) is 2.22. The van der Waals surface area contributed by atoms with Crippen molar-refractivity contribution >= 4 is 23.3 Å². The van der Waals surface area contributed by atoms with Gasteiger partial charge in [0.05, 0.1) is 0 Å². The number of nitrogens with zero attached hydrogens (tertiary/aromatic N) is 3. The number of piperidine rings is 1. The Balaban J connectivity index is 2.03. The average molecular weight is 255 g/mol. The van der Waals surface area contributed by atoms with Gasteiger partial charge in [-0.15, -0.1) is 0 Å². The van der Waals surface area contributed by atoms with Crippen LogP contribution in [0.1, 0.15) is 18.7 Å². The zero-order valence-electron chi connectivity index (χ0n) is 9.90. The molecule has 0 radical (unpaired) electrons. The lowest BCUT2D eigenvalue weighted by atomic mass is 10.1. The summed E-state index contributed by atoms with van der Waals surface area (Å²) in [4.78, 5) is 21.5. The van der Waals surface area contributed by atoms with Gasteiger partial charge in [0.15, 0.2) is 0 Å². The van der Waals surface area contributed by atoms with Crippen LogP contribution < -0.4 is 5.32 Å². The summed E-state index contributed by atoms with van der Waals surface area (Å²) in [6.45, 7) is 2.56. The fourth-order valence-electron chi connectivity index (χ4n) is 1.88. The van der Waals surface area contributed by atoms with Crippen LogP contribution in [0.2, 0.25) is 5.15 Å². The minimum atomic E-state index is 0.129. The van der Waals surface area contributed by atoms with Crippen molar-refractivity contribution in [2.75, 3.05) is 18.9 Å². The molecule has 1 fully saturated rings. The van der Waals surface area contributed by atoms with E-state index in [1.165, 1.54) is 0 Å². The summed E-state index contributed by atoms with van der Waals surface area (Å²) in [5.41, 5.74) is 0. The molecular weight excluding hydrogens is 240 g/mol. The lowest BCUT2D eigenvalue weighted by Crippen LogP contribution is -2.41. The molecular formula is C11H15ClN4O. The Morgan fingerprint density at radius 2 is 2.29 bits per heavy atom. The van der Waals surface area contributed by atoms with Gasteiger partial charge in [-0.1, -0.05) is 11.6 Å². The number of anilines is 1. The van der Waals surface area contributed by atoms with Crippen molar-refractivity contribution in [1.82, 2.24) is 14.9 Å². The number of aryl methyl sites for hydroxylation is 1. The third-order valence-electron chi connectivity index (χ3n) is 2.82. The highest BCUT2D eigenvalue weighted by molar-refractivity contribution is 6.29. The number of carbonyl (C=O) groups is 1. The Labute approximate surface area is 105 Å². The maximum atomic E-state index is 11.6. The second-order valence-electron chi connectivity index (χ2n) is 4.27. The molecule has 1 aromatic rings. The van der Waals surface area contributed by atoms with E-state index in [2.05, 4.69) is 15.3 Å². The van der Waals surface area contributed by atoms with Crippen LogP contribution in [0.25, 0.3) is 0 Å². The van der Waals surface area contributed by atoms with E-state index in [1.807, 2.05) is 7.05 Å². The van der Waals surface area contributed by atoms with Crippen LogP contribution in [0.3, 0.4) is 0 Å². The maximum absolute atomic E-state index is 11.6. The van der Waals surface area contributed by atoms with E-state index in [9.17, 15) is 4.79 Å². The Bertz CT molecular complexity index is 417. The van der Waals surface area contributed by atoms with Crippen molar-refractivity contribution in [2.24, 2.45) is 0 Å². The van der Waals surface area contributed by atoms with Crippen molar-refractivity contribution in [3.63, 3.8) is 0 Å². The molecule has 1 unspecified atom stereocenters. The molecule has 17 heavy (non-hydrogen) atoms. The van der Waals surface area contributed by atoms with E-state index >= 15 is 0 Å². The molecule has 1 atom stereocenters. The summed E-state index contributed by atoms with van der Waals surface area (Å²) in [7, 11) is 1.82. The number of hydrogen-bond donors (Lipinski definition) is 1. The Morgan fingerprint density at radius 1 is 1.53 bits per heavy atom. The normalized spacial score (nSPS) is 20.5. The smallest absolute Gasteiger partial charge is 0.224 e. The molecule has 5 nitrogen and oxygen atoms in total. The maximum Gasteiger partial charge on any atom is 0.224 e. The van der Waals surface area contributed by atoms with Crippen LogP contribution in [-0.2, 0) is 4.79 Å². The van der Waals surface area contributed by atoms with Crippen molar-refractivity contribution in [3.8, 4) is 0 Å². The van der Waals surface area contributed by atoms with Gasteiger partial charge >= 0.3 is 0 Å². The second-order valence-corrected chi connectivity index (χ2v) is 4.66. The molecule has 0 aliphatic carbocycles. The Hall–Kier alpha value is -1.36. The molecule has 1 saturated heterocycles. The van der Waals surface area contributed by atoms with Gasteiger partial charge in [0.1, 0.15) is 16.8 Å². The van der Waals surface area contributed by atoms with Gasteiger partial charge in [-0.05, 0) is 13.3 Å². The summed E-state index contributed by atoms with van der Waals surface area (Å²) in [6.07, 6.45) is 1.42. The number of likely N-dealkylation sites (tertiary alicyclic amines) is 1. The number of amides is 1. The van der Waals surface area contributed by atoms with Gasteiger partial charge in [0.2, 0.25) is 5.91 Å². The van der Waals surface area contributed by atoms with E-state index in [4.69, 9.17) is 11.6 Å². The van der Waals surface area contributed by atoms with Crippen molar-refractivity contribution < 1.29 is 4.79 Å². The number of hydrogen-bond acceptors (Lipinski definition) is 4. The molecule has 1 aromatic heterocycles. The molecule has 0 spiro atoms. The largest absolute Gasteiger partial charge is 0.367 e. The topological polar surface area (TPSA) is 58.1 Å². The minimum absolute atomic E-state index is 0.129. The molecule has 2 heterocycles. The summed E-state index contributed by atoms with van der Waals surface area (Å²) in [5, 5.41) is 3.65. The highest BCUT2D eigenvalue weighted by Crippen LogP contribution is 2.17. The lowest BCUT2D eigenvalue weighted by Gasteiger charge is -2.29. The number of nitrogens with one attached hydrogen (secondary N) is 1. The number of aromatic nitrogens is 2. The van der Waals surface area contributed by atoms with E-state index in [1.54, 1.807) is 17.9 Å². The van der Waals surface area contributed by atoms with E-state index in [0.29, 0.717) is 23.2 Å². The molecule has 0 bridgehead atoms. The molecule has 1 N–H and O–H groups in total. The van der Waals surface area contributed by atoms with Gasteiger partial charge in [0, 0.05) is 32.1 Å². The monoisotopic (exact) mass is 254 g/mol. The lowest BCUT2D eigenvalue weighted by molar-refractivity contribution is -0.132. The fourth-order valence-corrected chi connectivity index (χ4v) is 2.11. The third kappa shape index (κ3) is 3.06. The van der Waals surface area contributed by atoms with Gasteiger partial charge in [0.25, 0.3) is 0 Å². The van der Waals surface area contributed by atoms with E-state index in [0.717, 1.165) is 13.0 Å². The van der Waals surface area contributed by atoms with Gasteiger partial charge in [-0.2, -0.15) is 0 Å². The Kier molecular flexibility index (Phi) is 3.47. The first-order valence-corrected chi connectivity index (χ1v) is 5.94. The highest BCUT2D eigenvalue weighted by Gasteiger charge is 2.23. The zero-order chi connectivity index (χ0) is 12.4. The van der Waals surface area contributed by atoms with Crippen molar-refractivity contribution in [3.05, 3.63) is 17.0 Å². The predicted octanol–water partition coefficient (Wildman–Crippen LogP) is 1.47. The second kappa shape index (κ2) is 4.87.